The van der Waals surface area contributed by atoms with Crippen molar-refractivity contribution in [1.82, 2.24) is 10.4 Å². The zero-order chi connectivity index (χ0) is 24.8. The molecule has 0 unspecified atom stereocenters. The van der Waals surface area contributed by atoms with Crippen LogP contribution in [-0.2, 0) is 19.1 Å². The van der Waals surface area contributed by atoms with Gasteiger partial charge in [-0.1, -0.05) is 23.2 Å². The van der Waals surface area contributed by atoms with Gasteiger partial charge in [0.2, 0.25) is 5.91 Å². The summed E-state index contributed by atoms with van der Waals surface area (Å²) in [7, 11) is 2.94. The highest BCUT2D eigenvalue weighted by Gasteiger charge is 2.36. The molecule has 3 rings (SSSR count). The third kappa shape index (κ3) is 6.09. The van der Waals surface area contributed by atoms with Gasteiger partial charge in [-0.15, -0.1) is 0 Å². The molecule has 1 aliphatic rings. The van der Waals surface area contributed by atoms with Crippen molar-refractivity contribution in [2.24, 2.45) is 5.92 Å². The van der Waals surface area contributed by atoms with E-state index in [1.165, 1.54) is 32.4 Å². The Kier molecular flexibility index (Phi) is 8.19. The fraction of sp³-hybridized carbons (Fsp3) is 0.273. The maximum Gasteiger partial charge on any atom is 0.311 e. The van der Waals surface area contributed by atoms with Gasteiger partial charge in [0.25, 0.3) is 11.8 Å². The highest BCUT2D eigenvalue weighted by molar-refractivity contribution is 6.42. The Bertz CT molecular complexity index is 1130. The van der Waals surface area contributed by atoms with Gasteiger partial charge >= 0.3 is 5.97 Å². The van der Waals surface area contributed by atoms with E-state index in [1.54, 1.807) is 18.2 Å². The number of hydrazine groups is 1. The molecule has 2 aromatic rings. The largest absolute Gasteiger partial charge is 0.497 e. The van der Waals surface area contributed by atoms with Crippen molar-refractivity contribution in [1.29, 1.82) is 0 Å². The fourth-order valence-corrected chi connectivity index (χ4v) is 3.44. The van der Waals surface area contributed by atoms with Crippen LogP contribution in [0.4, 0.5) is 5.69 Å². The van der Waals surface area contributed by atoms with Gasteiger partial charge in [-0.05, 0) is 30.3 Å². The van der Waals surface area contributed by atoms with Gasteiger partial charge in [-0.2, -0.15) is 0 Å². The maximum absolute atomic E-state index is 12.4. The zero-order valence-electron chi connectivity index (χ0n) is 18.2. The molecule has 0 spiro atoms. The minimum absolute atomic E-state index is 0.0986. The molecule has 1 heterocycles. The number of methoxy groups -OCH3 is 2. The monoisotopic (exact) mass is 509 g/mol. The molecule has 2 aromatic carbocycles. The van der Waals surface area contributed by atoms with E-state index in [-0.39, 0.29) is 28.6 Å². The molecule has 2 N–H and O–H groups in total. The summed E-state index contributed by atoms with van der Waals surface area (Å²) < 4.78 is 15.4. The number of carbonyl (C=O) groups is 4. The number of anilines is 1. The molecule has 12 heteroatoms. The van der Waals surface area contributed by atoms with Crippen molar-refractivity contribution in [2.75, 3.05) is 32.7 Å². The summed E-state index contributed by atoms with van der Waals surface area (Å²) >= 11 is 11.7. The van der Waals surface area contributed by atoms with Gasteiger partial charge in [-0.25, -0.2) is 0 Å². The Hall–Kier alpha value is -3.50. The first kappa shape index (κ1) is 25.1. The third-order valence-corrected chi connectivity index (χ3v) is 5.64. The second kappa shape index (κ2) is 11.1. The lowest BCUT2D eigenvalue weighted by molar-refractivity contribution is -0.151. The van der Waals surface area contributed by atoms with Gasteiger partial charge in [-0.3, -0.25) is 29.6 Å². The SMILES string of the molecule is COc1ccc(NC(=O)COC(=O)[C@@H]2CC(=O)N(NC(=O)c3ccc(Cl)c(Cl)c3)C2)c(OC)c1. The first-order chi connectivity index (χ1) is 16.2. The summed E-state index contributed by atoms with van der Waals surface area (Å²) in [6.45, 7) is -0.660. The Balaban J connectivity index is 1.51. The third-order valence-electron chi connectivity index (χ3n) is 4.90. The topological polar surface area (TPSA) is 123 Å². The number of nitrogens with one attached hydrogen (secondary N) is 2. The van der Waals surface area contributed by atoms with Crippen LogP contribution in [0.5, 0.6) is 11.5 Å². The molecule has 0 radical (unpaired) electrons. The molecule has 1 fully saturated rings. The molecule has 1 aliphatic heterocycles. The summed E-state index contributed by atoms with van der Waals surface area (Å²) in [6.07, 6.45) is -0.172. The van der Waals surface area contributed by atoms with Gasteiger partial charge in [0, 0.05) is 18.1 Å². The van der Waals surface area contributed by atoms with Gasteiger partial charge < -0.3 is 19.5 Å². The minimum atomic E-state index is -0.843. The summed E-state index contributed by atoms with van der Waals surface area (Å²) in [5, 5.41) is 4.08. The lowest BCUT2D eigenvalue weighted by Crippen LogP contribution is -2.43. The van der Waals surface area contributed by atoms with Crippen molar-refractivity contribution >= 4 is 52.6 Å². The lowest BCUT2D eigenvalue weighted by Gasteiger charge is -2.17. The first-order valence-corrected chi connectivity index (χ1v) is 10.7. The predicted octanol–water partition coefficient (Wildman–Crippen LogP) is 2.69. The molecule has 1 atom stereocenters. The molecule has 180 valence electrons. The van der Waals surface area contributed by atoms with E-state index in [4.69, 9.17) is 37.4 Å². The molecule has 3 amide bonds. The number of rotatable bonds is 8. The van der Waals surface area contributed by atoms with Crippen LogP contribution in [0.25, 0.3) is 0 Å². The van der Waals surface area contributed by atoms with E-state index in [0.717, 1.165) is 5.01 Å². The van der Waals surface area contributed by atoms with Crippen LogP contribution >= 0.6 is 23.2 Å². The number of hydrogen-bond donors (Lipinski definition) is 2. The van der Waals surface area contributed by atoms with E-state index >= 15 is 0 Å². The molecule has 0 aromatic heterocycles. The summed E-state index contributed by atoms with van der Waals surface area (Å²) in [5.74, 6) is -2.32. The second-order valence-corrected chi connectivity index (χ2v) is 8.01. The Morgan fingerprint density at radius 1 is 1.06 bits per heavy atom. The van der Waals surface area contributed by atoms with E-state index < -0.39 is 36.2 Å². The van der Waals surface area contributed by atoms with E-state index in [0.29, 0.717) is 17.2 Å². The molecule has 0 aliphatic carbocycles. The Morgan fingerprint density at radius 2 is 1.82 bits per heavy atom. The average Bonchev–Trinajstić information content (AvgIpc) is 3.19. The van der Waals surface area contributed by atoms with E-state index in [2.05, 4.69) is 10.7 Å². The average molecular weight is 510 g/mol. The molecular formula is C22H21Cl2N3O7. The maximum atomic E-state index is 12.4. The van der Waals surface area contributed by atoms with Gasteiger partial charge in [0.15, 0.2) is 6.61 Å². The van der Waals surface area contributed by atoms with Crippen molar-refractivity contribution < 1.29 is 33.4 Å². The quantitative estimate of drug-likeness (QED) is 0.524. The van der Waals surface area contributed by atoms with Crippen LogP contribution in [0.3, 0.4) is 0 Å². The Morgan fingerprint density at radius 3 is 2.50 bits per heavy atom. The Labute approximate surface area is 205 Å². The molecule has 1 saturated heterocycles. The standard InChI is InChI=1S/C22H21Cl2N3O7/c1-32-14-4-6-17(18(9-14)33-2)25-19(28)11-34-22(31)13-8-20(29)27(10-13)26-21(30)12-3-5-15(23)16(24)7-12/h3-7,9,13H,8,10-11H2,1-2H3,(H,25,28)(H,26,30)/t13-/m1/s1. The number of ether oxygens (including phenoxy) is 3. The number of halogens is 2. The van der Waals surface area contributed by atoms with E-state index in [9.17, 15) is 19.2 Å². The summed E-state index contributed by atoms with van der Waals surface area (Å²) in [4.78, 5) is 49.2. The molecule has 0 saturated carbocycles. The van der Waals surface area contributed by atoms with Crippen molar-refractivity contribution in [3.63, 3.8) is 0 Å². The highest BCUT2D eigenvalue weighted by Crippen LogP contribution is 2.29. The van der Waals surface area contributed by atoms with Crippen LogP contribution in [0.1, 0.15) is 16.8 Å². The highest BCUT2D eigenvalue weighted by atomic mass is 35.5. The second-order valence-electron chi connectivity index (χ2n) is 7.20. The molecule has 10 nitrogen and oxygen atoms in total. The first-order valence-electron chi connectivity index (χ1n) is 9.96. The van der Waals surface area contributed by atoms with Crippen LogP contribution < -0.4 is 20.2 Å². The van der Waals surface area contributed by atoms with Gasteiger partial charge in [0.1, 0.15) is 11.5 Å². The number of carbonyl (C=O) groups excluding carboxylic acids is 4. The van der Waals surface area contributed by atoms with Crippen molar-refractivity contribution in [3.8, 4) is 11.5 Å². The molecule has 34 heavy (non-hydrogen) atoms. The van der Waals surface area contributed by atoms with Crippen LogP contribution in [0.2, 0.25) is 10.0 Å². The smallest absolute Gasteiger partial charge is 0.311 e. The number of esters is 1. The van der Waals surface area contributed by atoms with E-state index in [1.807, 2.05) is 0 Å². The fourth-order valence-electron chi connectivity index (χ4n) is 3.14. The lowest BCUT2D eigenvalue weighted by atomic mass is 10.1. The van der Waals surface area contributed by atoms with Crippen molar-refractivity contribution in [2.45, 2.75) is 6.42 Å². The van der Waals surface area contributed by atoms with Crippen LogP contribution in [0.15, 0.2) is 36.4 Å². The predicted molar refractivity (Wildman–Crippen MR) is 123 cm³/mol. The molecular weight excluding hydrogens is 489 g/mol. The molecule has 0 bridgehead atoms. The number of benzene rings is 2. The summed E-state index contributed by atoms with van der Waals surface area (Å²) in [6, 6.07) is 9.08. The summed E-state index contributed by atoms with van der Waals surface area (Å²) in [5.41, 5.74) is 2.99. The van der Waals surface area contributed by atoms with Gasteiger partial charge in [0.05, 0.1) is 42.4 Å². The minimum Gasteiger partial charge on any atom is -0.497 e. The zero-order valence-corrected chi connectivity index (χ0v) is 19.7. The number of hydrogen-bond acceptors (Lipinski definition) is 7. The van der Waals surface area contributed by atoms with Crippen LogP contribution in [-0.4, -0.2) is 56.1 Å². The van der Waals surface area contributed by atoms with Crippen LogP contribution in [0, 0.1) is 5.92 Å². The van der Waals surface area contributed by atoms with Crippen molar-refractivity contribution in [3.05, 3.63) is 52.0 Å². The number of amides is 3. The number of nitrogens with zero attached hydrogens (tertiary/aromatic N) is 1. The normalized spacial score (nSPS) is 15.0.